The molecule has 1 aliphatic heterocycles. The molecule has 0 N–H and O–H groups in total. The molecule has 0 aromatic heterocycles. The Morgan fingerprint density at radius 1 is 1.00 bits per heavy atom. The zero-order chi connectivity index (χ0) is 15.8. The van der Waals surface area contributed by atoms with Crippen LogP contribution in [0.1, 0.15) is 5.56 Å². The number of anilines is 1. The molecule has 0 saturated heterocycles. The van der Waals surface area contributed by atoms with Gasteiger partial charge >= 0.3 is 0 Å². The van der Waals surface area contributed by atoms with Crippen LogP contribution in [-0.2, 0) is 6.54 Å². The summed E-state index contributed by atoms with van der Waals surface area (Å²) in [6, 6.07) is 18.9. The fourth-order valence-corrected chi connectivity index (χ4v) is 2.95. The normalized spacial score (nSPS) is 13.5. The molecule has 5 nitrogen and oxygen atoms in total. The summed E-state index contributed by atoms with van der Waals surface area (Å²) in [5.74, 6) is 0.905. The lowest BCUT2D eigenvalue weighted by molar-refractivity contribution is -0.384. The van der Waals surface area contributed by atoms with Crippen molar-refractivity contribution < 1.29 is 9.66 Å². The second-order valence-electron chi connectivity index (χ2n) is 5.51. The Kier molecular flexibility index (Phi) is 3.12. The van der Waals surface area contributed by atoms with E-state index in [1.165, 1.54) is 22.9 Å². The van der Waals surface area contributed by atoms with E-state index in [4.69, 9.17) is 4.74 Å². The molecule has 5 heteroatoms. The summed E-state index contributed by atoms with van der Waals surface area (Å²) >= 11 is 0. The zero-order valence-electron chi connectivity index (χ0n) is 12.3. The van der Waals surface area contributed by atoms with E-state index < -0.39 is 0 Å². The fourth-order valence-electron chi connectivity index (χ4n) is 2.95. The lowest BCUT2D eigenvalue weighted by Crippen LogP contribution is -2.31. The number of nitro groups is 1. The SMILES string of the molecule is O=[N+]([O-])c1ccc(N2COc3ccc4ccccc4c3C2)cc1. The molecule has 1 heterocycles. The van der Waals surface area contributed by atoms with Crippen molar-refractivity contribution >= 4 is 22.1 Å². The predicted octanol–water partition coefficient (Wildman–Crippen LogP) is 4.10. The summed E-state index contributed by atoms with van der Waals surface area (Å²) in [5.41, 5.74) is 2.15. The standard InChI is InChI=1S/C18H14N2O3/c21-20(22)15-8-6-14(7-9-15)19-11-17-16-4-2-1-3-13(16)5-10-18(17)23-12-19/h1-10H,11-12H2. The average Bonchev–Trinajstić information content (AvgIpc) is 2.61. The third kappa shape index (κ3) is 2.36. The number of nitro benzene ring substituents is 1. The van der Waals surface area contributed by atoms with Crippen molar-refractivity contribution in [1.29, 1.82) is 0 Å². The van der Waals surface area contributed by atoms with E-state index in [9.17, 15) is 10.1 Å². The highest BCUT2D eigenvalue weighted by Crippen LogP contribution is 2.34. The van der Waals surface area contributed by atoms with Gasteiger partial charge in [0.25, 0.3) is 5.69 Å². The highest BCUT2D eigenvalue weighted by atomic mass is 16.6. The van der Waals surface area contributed by atoms with Crippen LogP contribution < -0.4 is 9.64 Å². The zero-order valence-corrected chi connectivity index (χ0v) is 12.3. The van der Waals surface area contributed by atoms with E-state index in [1.54, 1.807) is 12.1 Å². The van der Waals surface area contributed by atoms with Gasteiger partial charge in [0.2, 0.25) is 0 Å². The summed E-state index contributed by atoms with van der Waals surface area (Å²) in [6.07, 6.45) is 0. The lowest BCUT2D eigenvalue weighted by Gasteiger charge is -2.31. The van der Waals surface area contributed by atoms with Gasteiger partial charge in [0.15, 0.2) is 6.73 Å². The van der Waals surface area contributed by atoms with Crippen LogP contribution in [0.25, 0.3) is 10.8 Å². The number of rotatable bonds is 2. The minimum atomic E-state index is -0.390. The first kappa shape index (κ1) is 13.6. The molecule has 0 unspecified atom stereocenters. The highest BCUT2D eigenvalue weighted by molar-refractivity contribution is 5.88. The van der Waals surface area contributed by atoms with Crippen LogP contribution >= 0.6 is 0 Å². The molecule has 0 atom stereocenters. The fraction of sp³-hybridized carbons (Fsp3) is 0.111. The van der Waals surface area contributed by atoms with Gasteiger partial charge in [-0.1, -0.05) is 30.3 Å². The Morgan fingerprint density at radius 3 is 2.57 bits per heavy atom. The number of benzene rings is 3. The summed E-state index contributed by atoms with van der Waals surface area (Å²) < 4.78 is 5.87. The molecule has 0 saturated carbocycles. The van der Waals surface area contributed by atoms with Gasteiger partial charge in [-0.05, 0) is 29.0 Å². The molecule has 0 spiro atoms. The van der Waals surface area contributed by atoms with E-state index in [0.717, 1.165) is 17.0 Å². The number of hydrogen-bond donors (Lipinski definition) is 0. The minimum absolute atomic E-state index is 0.0949. The minimum Gasteiger partial charge on any atom is -0.473 e. The van der Waals surface area contributed by atoms with Crippen LogP contribution in [0.15, 0.2) is 60.7 Å². The van der Waals surface area contributed by atoms with Gasteiger partial charge in [0.1, 0.15) is 5.75 Å². The molecule has 0 fully saturated rings. The summed E-state index contributed by atoms with van der Waals surface area (Å²) in [4.78, 5) is 12.4. The largest absolute Gasteiger partial charge is 0.473 e. The van der Waals surface area contributed by atoms with Crippen molar-refractivity contribution in [3.05, 3.63) is 76.3 Å². The Balaban J connectivity index is 1.70. The molecule has 23 heavy (non-hydrogen) atoms. The van der Waals surface area contributed by atoms with Crippen molar-refractivity contribution in [2.24, 2.45) is 0 Å². The Morgan fingerprint density at radius 2 is 1.78 bits per heavy atom. The van der Waals surface area contributed by atoms with Crippen molar-refractivity contribution in [3.8, 4) is 5.75 Å². The molecular formula is C18H14N2O3. The predicted molar refractivity (Wildman–Crippen MR) is 88.7 cm³/mol. The summed E-state index contributed by atoms with van der Waals surface area (Å²) in [5, 5.41) is 13.1. The maximum Gasteiger partial charge on any atom is 0.269 e. The third-order valence-electron chi connectivity index (χ3n) is 4.15. The molecule has 4 rings (SSSR count). The van der Waals surface area contributed by atoms with Gasteiger partial charge in [0, 0.05) is 23.4 Å². The van der Waals surface area contributed by atoms with Gasteiger partial charge in [-0.15, -0.1) is 0 Å². The molecule has 3 aromatic rings. The highest BCUT2D eigenvalue weighted by Gasteiger charge is 2.20. The quantitative estimate of drug-likeness (QED) is 0.528. The second kappa shape index (κ2) is 5.28. The van der Waals surface area contributed by atoms with Gasteiger partial charge in [-0.25, -0.2) is 0 Å². The lowest BCUT2D eigenvalue weighted by atomic mass is 10.0. The molecule has 0 radical (unpaired) electrons. The van der Waals surface area contributed by atoms with Crippen LogP contribution in [0.5, 0.6) is 5.75 Å². The molecule has 0 amide bonds. The van der Waals surface area contributed by atoms with Crippen molar-refractivity contribution in [3.63, 3.8) is 0 Å². The Hall–Kier alpha value is -3.08. The number of fused-ring (bicyclic) bond motifs is 3. The first-order valence-electron chi connectivity index (χ1n) is 7.35. The van der Waals surface area contributed by atoms with Crippen molar-refractivity contribution in [2.45, 2.75) is 6.54 Å². The number of non-ortho nitro benzene ring substituents is 1. The molecule has 114 valence electrons. The van der Waals surface area contributed by atoms with E-state index in [1.807, 2.05) is 18.2 Å². The van der Waals surface area contributed by atoms with Crippen LogP contribution in [0.4, 0.5) is 11.4 Å². The smallest absolute Gasteiger partial charge is 0.269 e. The van der Waals surface area contributed by atoms with Gasteiger partial charge in [-0.3, -0.25) is 10.1 Å². The third-order valence-corrected chi connectivity index (χ3v) is 4.15. The van der Waals surface area contributed by atoms with Crippen LogP contribution in [0.2, 0.25) is 0 Å². The number of ether oxygens (including phenoxy) is 1. The number of nitrogens with zero attached hydrogens (tertiary/aromatic N) is 2. The van der Waals surface area contributed by atoms with Crippen molar-refractivity contribution in [2.75, 3.05) is 11.6 Å². The van der Waals surface area contributed by atoms with Gasteiger partial charge in [0.05, 0.1) is 11.5 Å². The first-order valence-corrected chi connectivity index (χ1v) is 7.35. The maximum atomic E-state index is 10.8. The molecule has 0 bridgehead atoms. The molecule has 3 aromatic carbocycles. The molecular weight excluding hydrogens is 292 g/mol. The molecule has 0 aliphatic carbocycles. The van der Waals surface area contributed by atoms with Gasteiger partial charge < -0.3 is 9.64 Å². The van der Waals surface area contributed by atoms with Crippen LogP contribution in [-0.4, -0.2) is 11.7 Å². The first-order chi connectivity index (χ1) is 11.2. The van der Waals surface area contributed by atoms with Crippen LogP contribution in [0.3, 0.4) is 0 Å². The number of hydrogen-bond acceptors (Lipinski definition) is 4. The molecule has 1 aliphatic rings. The van der Waals surface area contributed by atoms with E-state index in [0.29, 0.717) is 13.3 Å². The average molecular weight is 306 g/mol. The van der Waals surface area contributed by atoms with Crippen LogP contribution in [0, 0.1) is 10.1 Å². The maximum absolute atomic E-state index is 10.8. The summed E-state index contributed by atoms with van der Waals surface area (Å²) in [6.45, 7) is 1.15. The van der Waals surface area contributed by atoms with E-state index in [2.05, 4.69) is 23.1 Å². The Bertz CT molecular complexity index is 890. The monoisotopic (exact) mass is 306 g/mol. The topological polar surface area (TPSA) is 55.6 Å². The van der Waals surface area contributed by atoms with Gasteiger partial charge in [-0.2, -0.15) is 0 Å². The second-order valence-corrected chi connectivity index (χ2v) is 5.51. The Labute approximate surface area is 132 Å². The summed E-state index contributed by atoms with van der Waals surface area (Å²) in [7, 11) is 0. The van der Waals surface area contributed by atoms with E-state index >= 15 is 0 Å². The van der Waals surface area contributed by atoms with Crippen molar-refractivity contribution in [1.82, 2.24) is 0 Å². The van der Waals surface area contributed by atoms with E-state index in [-0.39, 0.29) is 10.6 Å².